The maximum Gasteiger partial charge on any atom is 0.154 e. The molecule has 2 atom stereocenters. The normalized spacial score (nSPS) is 26.7. The predicted octanol–water partition coefficient (Wildman–Crippen LogP) is 0.930. The van der Waals surface area contributed by atoms with Gasteiger partial charge in [-0.05, 0) is 18.7 Å². The Hall–Kier alpha value is -0.620. The minimum absolute atomic E-state index is 0.00905. The monoisotopic (exact) mass is 289 g/mol. The van der Waals surface area contributed by atoms with Gasteiger partial charge in [0.15, 0.2) is 9.84 Å². The Bertz CT molecular complexity index is 532. The largest absolute Gasteiger partial charge is 0.390 e. The van der Waals surface area contributed by atoms with Crippen molar-refractivity contribution < 1.29 is 13.5 Å². The zero-order chi connectivity index (χ0) is 13.3. The lowest BCUT2D eigenvalue weighted by atomic mass is 10.1. The summed E-state index contributed by atoms with van der Waals surface area (Å²) in [5.74, 6) is -0.139. The average Bonchev–Trinajstić information content (AvgIpc) is 2.55. The molecule has 6 heteroatoms. The Morgan fingerprint density at radius 1 is 1.39 bits per heavy atom. The van der Waals surface area contributed by atoms with Crippen molar-refractivity contribution in [1.82, 2.24) is 4.90 Å². The highest BCUT2D eigenvalue weighted by molar-refractivity contribution is 7.91. The molecule has 1 aromatic carbocycles. The zero-order valence-electron chi connectivity index (χ0n) is 10.1. The second-order valence-electron chi connectivity index (χ2n) is 4.72. The standard InChI is InChI=1S/C12H16ClNO3S/c1-14(6-9-4-2-3-5-10(9)13)11-7-18(16,17)8-12(11)15/h2-5,11-12,15H,6-8H2,1H3/t11-,12-/m1/s1. The van der Waals surface area contributed by atoms with Crippen molar-refractivity contribution in [2.45, 2.75) is 18.7 Å². The fraction of sp³-hybridized carbons (Fsp3) is 0.500. The van der Waals surface area contributed by atoms with E-state index in [0.717, 1.165) is 5.56 Å². The maximum absolute atomic E-state index is 11.5. The van der Waals surface area contributed by atoms with Crippen LogP contribution in [0.4, 0.5) is 0 Å². The van der Waals surface area contributed by atoms with Crippen molar-refractivity contribution in [2.75, 3.05) is 18.6 Å². The lowest BCUT2D eigenvalue weighted by Gasteiger charge is -2.26. The summed E-state index contributed by atoms with van der Waals surface area (Å²) in [6, 6.07) is 7.07. The summed E-state index contributed by atoms with van der Waals surface area (Å²) in [7, 11) is -1.31. The van der Waals surface area contributed by atoms with Crippen molar-refractivity contribution in [3.05, 3.63) is 34.9 Å². The number of benzene rings is 1. The third kappa shape index (κ3) is 3.03. The van der Waals surface area contributed by atoms with E-state index in [2.05, 4.69) is 0 Å². The van der Waals surface area contributed by atoms with Crippen LogP contribution in [0, 0.1) is 0 Å². The molecule has 0 saturated carbocycles. The van der Waals surface area contributed by atoms with Gasteiger partial charge in [-0.2, -0.15) is 0 Å². The summed E-state index contributed by atoms with van der Waals surface area (Å²) in [6.45, 7) is 0.525. The van der Waals surface area contributed by atoms with E-state index < -0.39 is 15.9 Å². The molecule has 1 saturated heterocycles. The van der Waals surface area contributed by atoms with E-state index in [1.807, 2.05) is 23.1 Å². The molecule has 1 heterocycles. The van der Waals surface area contributed by atoms with Crippen LogP contribution in [0.1, 0.15) is 5.56 Å². The first-order chi connectivity index (χ1) is 8.39. The Morgan fingerprint density at radius 2 is 2.06 bits per heavy atom. The van der Waals surface area contributed by atoms with Crippen LogP contribution in [0.15, 0.2) is 24.3 Å². The average molecular weight is 290 g/mol. The Kier molecular flexibility index (Phi) is 3.96. The van der Waals surface area contributed by atoms with E-state index in [1.165, 1.54) is 0 Å². The number of sulfone groups is 1. The molecule has 1 aliphatic heterocycles. The Labute approximate surface area is 112 Å². The van der Waals surface area contributed by atoms with Crippen molar-refractivity contribution in [2.24, 2.45) is 0 Å². The summed E-state index contributed by atoms with van der Waals surface area (Å²) in [4.78, 5) is 1.84. The van der Waals surface area contributed by atoms with Gasteiger partial charge in [0.05, 0.1) is 23.7 Å². The molecule has 0 aromatic heterocycles. The Morgan fingerprint density at radius 3 is 2.61 bits per heavy atom. The molecular weight excluding hydrogens is 274 g/mol. The smallest absolute Gasteiger partial charge is 0.154 e. The van der Waals surface area contributed by atoms with Gasteiger partial charge in [0.25, 0.3) is 0 Å². The van der Waals surface area contributed by atoms with E-state index >= 15 is 0 Å². The molecule has 18 heavy (non-hydrogen) atoms. The van der Waals surface area contributed by atoms with Gasteiger partial charge in [-0.3, -0.25) is 4.90 Å². The Balaban J connectivity index is 2.09. The first-order valence-corrected chi connectivity index (χ1v) is 7.91. The highest BCUT2D eigenvalue weighted by atomic mass is 35.5. The minimum atomic E-state index is -3.12. The second kappa shape index (κ2) is 5.17. The van der Waals surface area contributed by atoms with Gasteiger partial charge in [-0.1, -0.05) is 29.8 Å². The first kappa shape index (κ1) is 13.8. The predicted molar refractivity (Wildman–Crippen MR) is 71.4 cm³/mol. The summed E-state index contributed by atoms with van der Waals surface area (Å²) < 4.78 is 22.9. The molecular formula is C12H16ClNO3S. The van der Waals surface area contributed by atoms with Crippen molar-refractivity contribution in [1.29, 1.82) is 0 Å². The van der Waals surface area contributed by atoms with Crippen molar-refractivity contribution >= 4 is 21.4 Å². The van der Waals surface area contributed by atoms with Gasteiger partial charge in [0, 0.05) is 11.6 Å². The molecule has 0 unspecified atom stereocenters. The summed E-state index contributed by atoms with van der Waals surface area (Å²) in [5, 5.41) is 10.4. The van der Waals surface area contributed by atoms with Gasteiger partial charge in [-0.25, -0.2) is 8.42 Å². The van der Waals surface area contributed by atoms with Crippen LogP contribution < -0.4 is 0 Å². The topological polar surface area (TPSA) is 57.6 Å². The van der Waals surface area contributed by atoms with E-state index in [-0.39, 0.29) is 17.5 Å². The number of nitrogens with zero attached hydrogens (tertiary/aromatic N) is 1. The number of hydrogen-bond donors (Lipinski definition) is 1. The van der Waals surface area contributed by atoms with Crippen molar-refractivity contribution in [3.8, 4) is 0 Å². The molecule has 1 aromatic rings. The van der Waals surface area contributed by atoms with Gasteiger partial charge >= 0.3 is 0 Å². The third-order valence-corrected chi connectivity index (χ3v) is 5.30. The fourth-order valence-corrected chi connectivity index (χ4v) is 4.32. The maximum atomic E-state index is 11.5. The van der Waals surface area contributed by atoms with Gasteiger partial charge in [0.2, 0.25) is 0 Å². The highest BCUT2D eigenvalue weighted by Crippen LogP contribution is 2.22. The van der Waals surface area contributed by atoms with Gasteiger partial charge < -0.3 is 5.11 Å². The summed E-state index contributed by atoms with van der Waals surface area (Å²) >= 11 is 6.06. The van der Waals surface area contributed by atoms with Crippen LogP contribution in [-0.4, -0.2) is 49.1 Å². The quantitative estimate of drug-likeness (QED) is 0.899. The molecule has 0 radical (unpaired) electrons. The SMILES string of the molecule is CN(Cc1ccccc1Cl)[C@@H]1CS(=O)(=O)C[C@H]1O. The van der Waals surface area contributed by atoms with Crippen LogP contribution in [0.5, 0.6) is 0 Å². The van der Waals surface area contributed by atoms with Crippen LogP contribution in [0.2, 0.25) is 5.02 Å². The molecule has 0 amide bonds. The summed E-state index contributed by atoms with van der Waals surface area (Å²) in [6.07, 6.45) is -0.817. The molecule has 100 valence electrons. The molecule has 4 nitrogen and oxygen atoms in total. The molecule has 1 aliphatic rings. The number of rotatable bonds is 3. The molecule has 2 rings (SSSR count). The van der Waals surface area contributed by atoms with E-state index in [4.69, 9.17) is 11.6 Å². The fourth-order valence-electron chi connectivity index (χ4n) is 2.24. The number of aliphatic hydroxyl groups excluding tert-OH is 1. The van der Waals surface area contributed by atoms with Gasteiger partial charge in [-0.15, -0.1) is 0 Å². The van der Waals surface area contributed by atoms with E-state index in [1.54, 1.807) is 13.1 Å². The molecule has 0 bridgehead atoms. The third-order valence-electron chi connectivity index (χ3n) is 3.24. The van der Waals surface area contributed by atoms with Crippen LogP contribution >= 0.6 is 11.6 Å². The first-order valence-electron chi connectivity index (χ1n) is 5.71. The van der Waals surface area contributed by atoms with Crippen LogP contribution in [0.25, 0.3) is 0 Å². The number of hydrogen-bond acceptors (Lipinski definition) is 4. The zero-order valence-corrected chi connectivity index (χ0v) is 11.7. The minimum Gasteiger partial charge on any atom is -0.390 e. The summed E-state index contributed by atoms with van der Waals surface area (Å²) in [5.41, 5.74) is 0.929. The second-order valence-corrected chi connectivity index (χ2v) is 7.28. The number of likely N-dealkylation sites (N-methyl/N-ethyl adjacent to an activating group) is 1. The van der Waals surface area contributed by atoms with Gasteiger partial charge in [0.1, 0.15) is 0 Å². The van der Waals surface area contributed by atoms with E-state index in [9.17, 15) is 13.5 Å². The number of aliphatic hydroxyl groups is 1. The number of halogens is 1. The van der Waals surface area contributed by atoms with Crippen molar-refractivity contribution in [3.63, 3.8) is 0 Å². The lowest BCUT2D eigenvalue weighted by molar-refractivity contribution is 0.0958. The molecule has 1 N–H and O–H groups in total. The molecule has 0 aliphatic carbocycles. The highest BCUT2D eigenvalue weighted by Gasteiger charge is 2.38. The van der Waals surface area contributed by atoms with Crippen LogP contribution in [-0.2, 0) is 16.4 Å². The van der Waals surface area contributed by atoms with Crippen LogP contribution in [0.3, 0.4) is 0 Å². The molecule has 0 spiro atoms. The molecule has 1 fully saturated rings. The lowest BCUT2D eigenvalue weighted by Crippen LogP contribution is -2.40. The van der Waals surface area contributed by atoms with E-state index in [0.29, 0.717) is 11.6 Å².